The van der Waals surface area contributed by atoms with Gasteiger partial charge in [-0.3, -0.25) is 9.88 Å². The van der Waals surface area contributed by atoms with E-state index in [9.17, 15) is 5.11 Å². The van der Waals surface area contributed by atoms with Crippen LogP contribution in [0.2, 0.25) is 0 Å². The summed E-state index contributed by atoms with van der Waals surface area (Å²) in [5.41, 5.74) is 1.37. The molecule has 5 fully saturated rings. The first kappa shape index (κ1) is 34.3. The maximum Gasteiger partial charge on any atom is 0.319 e. The molecule has 2 aromatic carbocycles. The fourth-order valence-electron chi connectivity index (χ4n) is 10.3. The predicted octanol–water partition coefficient (Wildman–Crippen LogP) is 7.00. The van der Waals surface area contributed by atoms with Gasteiger partial charge in [-0.25, -0.2) is 8.78 Å². The molecule has 3 unspecified atom stereocenters. The summed E-state index contributed by atoms with van der Waals surface area (Å²) in [5, 5.41) is 12.6. The van der Waals surface area contributed by atoms with E-state index < -0.39 is 11.9 Å². The standard InChI is InChI=1S/C41H49F2N5O4/c1-2-29-32(42)10-9-26-6-3-7-30(34(26)29)36-35(43)37-31(22-44-36)38(47-19-21-50-24-28(49)23-47)46-39(45-37)51-25-40-13-4-8-33(40)48(18-5-14-40)27-11-15-41(16-12-27)17-20-52-41/h3,6-7,9-10,22,27-28,33,49H,2,4-5,8,11-21,23-25H2,1H3. The molecule has 5 heterocycles. The lowest BCUT2D eigenvalue weighted by atomic mass is 9.72. The number of piperidine rings is 1. The van der Waals surface area contributed by atoms with Gasteiger partial charge in [0.05, 0.1) is 43.5 Å². The Balaban J connectivity index is 1.08. The van der Waals surface area contributed by atoms with Crippen LogP contribution in [0.25, 0.3) is 32.9 Å². The zero-order chi connectivity index (χ0) is 35.5. The molecule has 3 saturated heterocycles. The third kappa shape index (κ3) is 5.92. The van der Waals surface area contributed by atoms with Crippen molar-refractivity contribution in [3.63, 3.8) is 0 Å². The van der Waals surface area contributed by atoms with Crippen molar-refractivity contribution in [1.29, 1.82) is 0 Å². The van der Waals surface area contributed by atoms with Crippen LogP contribution < -0.4 is 9.64 Å². The number of pyridine rings is 1. The molecule has 2 aromatic heterocycles. The van der Waals surface area contributed by atoms with Crippen LogP contribution in [0.4, 0.5) is 14.6 Å². The van der Waals surface area contributed by atoms with Gasteiger partial charge in [0.1, 0.15) is 22.8 Å². The Morgan fingerprint density at radius 3 is 2.63 bits per heavy atom. The summed E-state index contributed by atoms with van der Waals surface area (Å²) >= 11 is 0. The number of hydrogen-bond acceptors (Lipinski definition) is 9. The van der Waals surface area contributed by atoms with Crippen LogP contribution in [0, 0.1) is 17.0 Å². The van der Waals surface area contributed by atoms with E-state index >= 15 is 8.78 Å². The Hall–Kier alpha value is -3.51. The Kier molecular flexibility index (Phi) is 9.04. The second-order valence-corrected chi connectivity index (χ2v) is 15.9. The smallest absolute Gasteiger partial charge is 0.319 e. The highest BCUT2D eigenvalue weighted by Crippen LogP contribution is 2.51. The molecule has 0 amide bonds. The van der Waals surface area contributed by atoms with E-state index in [1.165, 1.54) is 25.3 Å². The Bertz CT molecular complexity index is 1970. The minimum absolute atomic E-state index is 0.0169. The summed E-state index contributed by atoms with van der Waals surface area (Å²) in [6.45, 7) is 5.74. The highest BCUT2D eigenvalue weighted by Gasteiger charge is 2.52. The van der Waals surface area contributed by atoms with Crippen molar-refractivity contribution in [2.45, 2.75) is 101 Å². The number of rotatable bonds is 7. The minimum Gasteiger partial charge on any atom is -0.463 e. The molecular formula is C41H49F2N5O4. The van der Waals surface area contributed by atoms with Gasteiger partial charge in [0.15, 0.2) is 5.82 Å². The van der Waals surface area contributed by atoms with Crippen LogP contribution in [-0.4, -0.2) is 94.8 Å². The number of benzene rings is 2. The van der Waals surface area contributed by atoms with Crippen LogP contribution in [0.1, 0.15) is 76.7 Å². The third-order valence-electron chi connectivity index (χ3n) is 13.0. The third-order valence-corrected chi connectivity index (χ3v) is 13.0. The fraction of sp³-hybridized carbons (Fsp3) is 0.585. The quantitative estimate of drug-likeness (QED) is 0.218. The zero-order valence-electron chi connectivity index (χ0n) is 30.1. The number of likely N-dealkylation sites (tertiary alicyclic amines) is 1. The molecule has 1 N–H and O–H groups in total. The van der Waals surface area contributed by atoms with E-state index in [4.69, 9.17) is 24.2 Å². The normalized spacial score (nSPS) is 29.7. The number of halogens is 2. The molecule has 52 heavy (non-hydrogen) atoms. The fourth-order valence-corrected chi connectivity index (χ4v) is 10.3. The van der Waals surface area contributed by atoms with Gasteiger partial charge in [-0.15, -0.1) is 0 Å². The summed E-state index contributed by atoms with van der Waals surface area (Å²) in [4.78, 5) is 19.0. The topological polar surface area (TPSA) is 93.1 Å². The average Bonchev–Trinajstić information content (AvgIpc) is 3.47. The Morgan fingerprint density at radius 2 is 1.83 bits per heavy atom. The molecule has 2 aliphatic carbocycles. The SMILES string of the molecule is CCc1c(F)ccc2cccc(-c3ncc4c(N5CCOCC(O)C5)nc(OCC56CCCC5N(C5CCC7(CCO7)CC5)CCC6)nc4c3F)c12. The van der Waals surface area contributed by atoms with Crippen molar-refractivity contribution >= 4 is 27.5 Å². The molecule has 9 rings (SSSR count). The van der Waals surface area contributed by atoms with Gasteiger partial charge in [0, 0.05) is 42.3 Å². The number of fused-ring (bicyclic) bond motifs is 3. The van der Waals surface area contributed by atoms with E-state index in [0.29, 0.717) is 66.0 Å². The number of aliphatic hydroxyl groups is 1. The molecule has 3 aliphatic heterocycles. The molecule has 2 saturated carbocycles. The van der Waals surface area contributed by atoms with Crippen molar-refractivity contribution in [3.05, 3.63) is 53.7 Å². The van der Waals surface area contributed by atoms with Gasteiger partial charge in [-0.1, -0.05) is 37.6 Å². The summed E-state index contributed by atoms with van der Waals surface area (Å²) in [6, 6.07) is 9.87. The molecule has 3 atom stereocenters. The molecule has 1 spiro atoms. The number of aryl methyl sites for hydroxylation is 1. The van der Waals surface area contributed by atoms with Gasteiger partial charge in [-0.05, 0) is 93.2 Å². The highest BCUT2D eigenvalue weighted by molar-refractivity contribution is 6.00. The largest absolute Gasteiger partial charge is 0.463 e. The first-order valence-corrected chi connectivity index (χ1v) is 19.5. The molecule has 5 aliphatic rings. The van der Waals surface area contributed by atoms with E-state index in [-0.39, 0.29) is 47.2 Å². The minimum atomic E-state index is -0.733. The first-order chi connectivity index (χ1) is 25.4. The molecule has 9 nitrogen and oxygen atoms in total. The molecule has 0 radical (unpaired) electrons. The number of aromatic nitrogens is 3. The van der Waals surface area contributed by atoms with Crippen molar-refractivity contribution in [2.24, 2.45) is 5.41 Å². The number of hydrogen-bond donors (Lipinski definition) is 1. The van der Waals surface area contributed by atoms with Crippen molar-refractivity contribution in [2.75, 3.05) is 51.0 Å². The van der Waals surface area contributed by atoms with Gasteiger partial charge in [0.25, 0.3) is 0 Å². The van der Waals surface area contributed by atoms with Gasteiger partial charge in [-0.2, -0.15) is 9.97 Å². The van der Waals surface area contributed by atoms with Crippen LogP contribution in [0.3, 0.4) is 0 Å². The van der Waals surface area contributed by atoms with Gasteiger partial charge in [0.2, 0.25) is 0 Å². The van der Waals surface area contributed by atoms with Crippen LogP contribution in [0.5, 0.6) is 6.01 Å². The molecular weight excluding hydrogens is 664 g/mol. The van der Waals surface area contributed by atoms with E-state index in [1.54, 1.807) is 18.3 Å². The monoisotopic (exact) mass is 713 g/mol. The van der Waals surface area contributed by atoms with Crippen molar-refractivity contribution in [3.8, 4) is 17.3 Å². The molecule has 276 valence electrons. The summed E-state index contributed by atoms with van der Waals surface area (Å²) < 4.78 is 50.4. The number of ether oxygens (including phenoxy) is 3. The van der Waals surface area contributed by atoms with Crippen LogP contribution in [-0.2, 0) is 15.9 Å². The number of aliphatic hydroxyl groups excluding tert-OH is 1. The van der Waals surface area contributed by atoms with Crippen molar-refractivity contribution in [1.82, 2.24) is 19.9 Å². The lowest BCUT2D eigenvalue weighted by Gasteiger charge is -2.53. The summed E-state index contributed by atoms with van der Waals surface area (Å²) in [5.74, 6) is -0.472. The second kappa shape index (κ2) is 13.7. The van der Waals surface area contributed by atoms with Crippen LogP contribution in [0.15, 0.2) is 36.5 Å². The first-order valence-electron chi connectivity index (χ1n) is 19.5. The molecule has 4 aromatic rings. The van der Waals surface area contributed by atoms with E-state index in [0.717, 1.165) is 63.5 Å². The highest BCUT2D eigenvalue weighted by atomic mass is 19.1. The van der Waals surface area contributed by atoms with Gasteiger partial charge >= 0.3 is 6.01 Å². The predicted molar refractivity (Wildman–Crippen MR) is 196 cm³/mol. The summed E-state index contributed by atoms with van der Waals surface area (Å²) in [6.07, 6.45) is 12.8. The zero-order valence-corrected chi connectivity index (χ0v) is 30.1. The average molecular weight is 714 g/mol. The molecule has 0 bridgehead atoms. The maximum absolute atomic E-state index is 17.0. The summed E-state index contributed by atoms with van der Waals surface area (Å²) in [7, 11) is 0. The van der Waals surface area contributed by atoms with Crippen LogP contribution >= 0.6 is 0 Å². The van der Waals surface area contributed by atoms with Gasteiger partial charge < -0.3 is 24.2 Å². The molecule has 11 heteroatoms. The van der Waals surface area contributed by atoms with E-state index in [1.807, 2.05) is 24.0 Å². The Morgan fingerprint density at radius 1 is 0.981 bits per heavy atom. The van der Waals surface area contributed by atoms with E-state index in [2.05, 4.69) is 9.88 Å². The Labute approximate surface area is 303 Å². The second-order valence-electron chi connectivity index (χ2n) is 15.9. The lowest BCUT2D eigenvalue weighted by molar-refractivity contribution is -0.175. The lowest BCUT2D eigenvalue weighted by Crippen LogP contribution is -2.58. The maximum atomic E-state index is 17.0. The number of nitrogens with zero attached hydrogens (tertiary/aromatic N) is 5. The number of β-amino-alcohol motifs (C(OH)–C–C–N with tert-alkyl or cyclic N) is 1. The number of anilines is 1. The van der Waals surface area contributed by atoms with Crippen molar-refractivity contribution < 1.29 is 28.1 Å².